The molecule has 0 aliphatic carbocycles. The highest BCUT2D eigenvalue weighted by Gasteiger charge is 2.21. The fraction of sp³-hybridized carbons (Fsp3) is 0.480. The molecule has 0 radical (unpaired) electrons. The Morgan fingerprint density at radius 2 is 1.61 bits per heavy atom. The zero-order chi connectivity index (χ0) is 21.9. The molecule has 31 heavy (non-hydrogen) atoms. The van der Waals surface area contributed by atoms with E-state index in [0.29, 0.717) is 38.6 Å². The predicted molar refractivity (Wildman–Crippen MR) is 125 cm³/mol. The highest BCUT2D eigenvalue weighted by molar-refractivity contribution is 5.75. The lowest BCUT2D eigenvalue weighted by Crippen LogP contribution is -2.52. The predicted octanol–water partition coefficient (Wildman–Crippen LogP) is 3.57. The molecule has 1 atom stereocenters. The van der Waals surface area contributed by atoms with Gasteiger partial charge < -0.3 is 19.7 Å². The number of benzene rings is 2. The van der Waals surface area contributed by atoms with Crippen LogP contribution in [0.1, 0.15) is 26.7 Å². The van der Waals surface area contributed by atoms with Gasteiger partial charge in [-0.3, -0.25) is 9.69 Å². The Kier molecular flexibility index (Phi) is 9.03. The maximum absolute atomic E-state index is 12.2. The van der Waals surface area contributed by atoms with Crippen LogP contribution in [0.25, 0.3) is 0 Å². The van der Waals surface area contributed by atoms with E-state index in [-0.39, 0.29) is 5.91 Å². The smallest absolute Gasteiger partial charge is 0.220 e. The Labute approximate surface area is 186 Å². The van der Waals surface area contributed by atoms with Gasteiger partial charge in [-0.1, -0.05) is 30.3 Å². The number of hydrogen-bond donors (Lipinski definition) is 1. The lowest BCUT2D eigenvalue weighted by Gasteiger charge is -2.39. The van der Waals surface area contributed by atoms with Crippen molar-refractivity contribution in [2.45, 2.75) is 32.7 Å². The zero-order valence-corrected chi connectivity index (χ0v) is 18.8. The normalized spacial score (nSPS) is 15.4. The average molecular weight is 426 g/mol. The van der Waals surface area contributed by atoms with E-state index in [1.165, 1.54) is 5.69 Å². The number of ether oxygens (including phenoxy) is 2. The topological polar surface area (TPSA) is 54.0 Å². The zero-order valence-electron chi connectivity index (χ0n) is 18.8. The standard InChI is InChI=1S/C25H35N3O3/c1-3-30-23-12-7-8-13-24(23)31-19-9-14-25(29)26-20-21(2)27-15-17-28(18-16-27)22-10-5-4-6-11-22/h4-8,10-13,21H,3,9,14-20H2,1-2H3,(H,26,29). The Morgan fingerprint density at radius 1 is 0.968 bits per heavy atom. The molecule has 1 heterocycles. The number of nitrogens with zero attached hydrogens (tertiary/aromatic N) is 2. The van der Waals surface area contributed by atoms with E-state index in [0.717, 1.165) is 37.7 Å². The van der Waals surface area contributed by atoms with Gasteiger partial charge in [-0.05, 0) is 44.5 Å². The Bertz CT molecular complexity index is 792. The van der Waals surface area contributed by atoms with Crippen LogP contribution in [-0.4, -0.2) is 62.8 Å². The molecule has 1 aliphatic rings. The summed E-state index contributed by atoms with van der Waals surface area (Å²) in [6.07, 6.45) is 1.14. The molecule has 0 saturated carbocycles. The molecule has 6 nitrogen and oxygen atoms in total. The first-order valence-electron chi connectivity index (χ1n) is 11.3. The van der Waals surface area contributed by atoms with Crippen molar-refractivity contribution >= 4 is 11.6 Å². The van der Waals surface area contributed by atoms with E-state index in [2.05, 4.69) is 52.4 Å². The second-order valence-corrected chi connectivity index (χ2v) is 7.84. The molecule has 3 rings (SSSR count). The summed E-state index contributed by atoms with van der Waals surface area (Å²) in [6, 6.07) is 18.5. The van der Waals surface area contributed by atoms with E-state index in [1.807, 2.05) is 31.2 Å². The van der Waals surface area contributed by atoms with Crippen molar-refractivity contribution < 1.29 is 14.3 Å². The summed E-state index contributed by atoms with van der Waals surface area (Å²) < 4.78 is 11.3. The third-order valence-corrected chi connectivity index (χ3v) is 5.61. The lowest BCUT2D eigenvalue weighted by atomic mass is 10.2. The molecule has 0 bridgehead atoms. The third kappa shape index (κ3) is 7.17. The molecule has 168 valence electrons. The molecule has 1 amide bonds. The van der Waals surface area contributed by atoms with Crippen molar-refractivity contribution in [1.82, 2.24) is 10.2 Å². The van der Waals surface area contributed by atoms with Crippen molar-refractivity contribution in [3.05, 3.63) is 54.6 Å². The van der Waals surface area contributed by atoms with Crippen LogP contribution in [0.15, 0.2) is 54.6 Å². The molecule has 1 N–H and O–H groups in total. The summed E-state index contributed by atoms with van der Waals surface area (Å²) in [6.45, 7) is 9.97. The van der Waals surface area contributed by atoms with E-state index in [1.54, 1.807) is 0 Å². The number of nitrogens with one attached hydrogen (secondary N) is 1. The van der Waals surface area contributed by atoms with Crippen LogP contribution in [0.3, 0.4) is 0 Å². The fourth-order valence-corrected chi connectivity index (χ4v) is 3.80. The molecule has 6 heteroatoms. The van der Waals surface area contributed by atoms with E-state index < -0.39 is 0 Å². The number of hydrogen-bond acceptors (Lipinski definition) is 5. The molecule has 0 spiro atoms. The van der Waals surface area contributed by atoms with Gasteiger partial charge in [0.15, 0.2) is 11.5 Å². The van der Waals surface area contributed by atoms with Crippen molar-refractivity contribution in [1.29, 1.82) is 0 Å². The second kappa shape index (κ2) is 12.2. The van der Waals surface area contributed by atoms with Gasteiger partial charge in [0.25, 0.3) is 0 Å². The molecule has 2 aromatic carbocycles. The van der Waals surface area contributed by atoms with Crippen LogP contribution < -0.4 is 19.7 Å². The first kappa shape index (κ1) is 22.9. The highest BCUT2D eigenvalue weighted by atomic mass is 16.5. The Morgan fingerprint density at radius 3 is 2.29 bits per heavy atom. The van der Waals surface area contributed by atoms with Crippen molar-refractivity contribution in [3.8, 4) is 11.5 Å². The number of para-hydroxylation sites is 3. The Hall–Kier alpha value is -2.73. The van der Waals surface area contributed by atoms with Gasteiger partial charge in [-0.15, -0.1) is 0 Å². The molecular weight excluding hydrogens is 390 g/mol. The van der Waals surface area contributed by atoms with Crippen molar-refractivity contribution in [2.75, 3.05) is 50.8 Å². The molecule has 1 fully saturated rings. The van der Waals surface area contributed by atoms with Gasteiger partial charge in [-0.25, -0.2) is 0 Å². The van der Waals surface area contributed by atoms with Crippen LogP contribution in [0.4, 0.5) is 5.69 Å². The van der Waals surface area contributed by atoms with Gasteiger partial charge in [0.05, 0.1) is 13.2 Å². The number of anilines is 1. The summed E-state index contributed by atoms with van der Waals surface area (Å²) in [7, 11) is 0. The van der Waals surface area contributed by atoms with Crippen molar-refractivity contribution in [2.24, 2.45) is 0 Å². The fourth-order valence-electron chi connectivity index (χ4n) is 3.80. The first-order chi connectivity index (χ1) is 15.2. The van der Waals surface area contributed by atoms with Gasteiger partial charge in [-0.2, -0.15) is 0 Å². The first-order valence-corrected chi connectivity index (χ1v) is 11.3. The number of rotatable bonds is 11. The van der Waals surface area contributed by atoms with E-state index in [9.17, 15) is 4.79 Å². The lowest BCUT2D eigenvalue weighted by molar-refractivity contribution is -0.121. The highest BCUT2D eigenvalue weighted by Crippen LogP contribution is 2.26. The van der Waals surface area contributed by atoms with Crippen LogP contribution >= 0.6 is 0 Å². The average Bonchev–Trinajstić information content (AvgIpc) is 2.82. The quantitative estimate of drug-likeness (QED) is 0.558. The second-order valence-electron chi connectivity index (χ2n) is 7.84. The largest absolute Gasteiger partial charge is 0.490 e. The number of piperazine rings is 1. The maximum Gasteiger partial charge on any atom is 0.220 e. The Balaban J connectivity index is 1.30. The van der Waals surface area contributed by atoms with Crippen LogP contribution in [0.5, 0.6) is 11.5 Å². The van der Waals surface area contributed by atoms with Crippen LogP contribution in [0, 0.1) is 0 Å². The minimum atomic E-state index is 0.0801. The minimum absolute atomic E-state index is 0.0801. The summed E-state index contributed by atoms with van der Waals surface area (Å²) in [5.41, 5.74) is 1.29. The molecule has 1 saturated heterocycles. The van der Waals surface area contributed by atoms with Crippen LogP contribution in [0.2, 0.25) is 0 Å². The molecule has 1 aliphatic heterocycles. The van der Waals surface area contributed by atoms with Crippen LogP contribution in [-0.2, 0) is 4.79 Å². The molecule has 0 aromatic heterocycles. The number of carbonyl (C=O) groups is 1. The monoisotopic (exact) mass is 425 g/mol. The van der Waals surface area contributed by atoms with Gasteiger partial charge in [0, 0.05) is 50.9 Å². The third-order valence-electron chi connectivity index (χ3n) is 5.61. The van der Waals surface area contributed by atoms with E-state index >= 15 is 0 Å². The minimum Gasteiger partial charge on any atom is -0.490 e. The summed E-state index contributed by atoms with van der Waals surface area (Å²) in [5, 5.41) is 3.08. The van der Waals surface area contributed by atoms with Gasteiger partial charge in [0.2, 0.25) is 5.91 Å². The summed E-state index contributed by atoms with van der Waals surface area (Å²) in [5.74, 6) is 1.56. The van der Waals surface area contributed by atoms with Gasteiger partial charge in [0.1, 0.15) is 0 Å². The summed E-state index contributed by atoms with van der Waals surface area (Å²) >= 11 is 0. The number of amides is 1. The molecule has 1 unspecified atom stereocenters. The molecular formula is C25H35N3O3. The SMILES string of the molecule is CCOc1ccccc1OCCCC(=O)NCC(C)N1CCN(c2ccccc2)CC1. The van der Waals surface area contributed by atoms with E-state index in [4.69, 9.17) is 9.47 Å². The van der Waals surface area contributed by atoms with Gasteiger partial charge >= 0.3 is 0 Å². The summed E-state index contributed by atoms with van der Waals surface area (Å²) in [4.78, 5) is 17.1. The van der Waals surface area contributed by atoms with Crippen molar-refractivity contribution in [3.63, 3.8) is 0 Å². The molecule has 2 aromatic rings. The number of carbonyl (C=O) groups excluding carboxylic acids is 1. The maximum atomic E-state index is 12.2.